The molecule has 1 amide bonds. The number of nitrogens with zero attached hydrogens (tertiary/aromatic N) is 4. The number of hydrogen-bond acceptors (Lipinski definition) is 3. The van der Waals surface area contributed by atoms with Gasteiger partial charge in [-0.1, -0.05) is 13.8 Å². The van der Waals surface area contributed by atoms with Crippen LogP contribution >= 0.6 is 0 Å². The molecule has 1 aromatic rings. The van der Waals surface area contributed by atoms with Crippen molar-refractivity contribution in [2.75, 3.05) is 26.2 Å². The van der Waals surface area contributed by atoms with E-state index in [2.05, 4.69) is 28.7 Å². The smallest absolute Gasteiger partial charge is 0.226 e. The van der Waals surface area contributed by atoms with Gasteiger partial charge in [-0.3, -0.25) is 9.48 Å². The van der Waals surface area contributed by atoms with Gasteiger partial charge in [-0.15, -0.1) is 0 Å². The van der Waals surface area contributed by atoms with Gasteiger partial charge in [0.05, 0.1) is 12.6 Å². The van der Waals surface area contributed by atoms with Crippen LogP contribution in [0.5, 0.6) is 0 Å². The maximum absolute atomic E-state index is 12.9. The Morgan fingerprint density at radius 2 is 2.00 bits per heavy atom. The fourth-order valence-corrected chi connectivity index (χ4v) is 4.05. The third-order valence-corrected chi connectivity index (χ3v) is 5.18. The van der Waals surface area contributed by atoms with Gasteiger partial charge in [-0.2, -0.15) is 5.10 Å². The van der Waals surface area contributed by atoms with Gasteiger partial charge in [0.1, 0.15) is 0 Å². The Bertz CT molecular complexity index is 491. The zero-order valence-corrected chi connectivity index (χ0v) is 14.5. The van der Waals surface area contributed by atoms with E-state index in [9.17, 15) is 4.79 Å². The van der Waals surface area contributed by atoms with E-state index < -0.39 is 0 Å². The van der Waals surface area contributed by atoms with Gasteiger partial charge in [0.25, 0.3) is 0 Å². The molecule has 0 saturated carbocycles. The predicted octanol–water partition coefficient (Wildman–Crippen LogP) is 2.24. The number of carbonyl (C=O) groups excluding carboxylic acids is 1. The molecule has 0 aromatic carbocycles. The van der Waals surface area contributed by atoms with Crippen molar-refractivity contribution >= 4 is 5.91 Å². The Kier molecular flexibility index (Phi) is 5.36. The van der Waals surface area contributed by atoms with Crippen LogP contribution in [-0.2, 0) is 11.3 Å². The molecule has 0 N–H and O–H groups in total. The molecule has 2 saturated heterocycles. The van der Waals surface area contributed by atoms with Crippen LogP contribution in [-0.4, -0.2) is 57.7 Å². The highest BCUT2D eigenvalue weighted by atomic mass is 16.2. The van der Waals surface area contributed by atoms with Crippen LogP contribution in [0.3, 0.4) is 0 Å². The molecule has 2 fully saturated rings. The van der Waals surface area contributed by atoms with Crippen molar-refractivity contribution in [3.63, 3.8) is 0 Å². The zero-order chi connectivity index (χ0) is 16.2. The number of likely N-dealkylation sites (tertiary alicyclic amines) is 2. The van der Waals surface area contributed by atoms with Crippen molar-refractivity contribution in [1.82, 2.24) is 19.6 Å². The van der Waals surface area contributed by atoms with Crippen molar-refractivity contribution in [3.8, 4) is 0 Å². The topological polar surface area (TPSA) is 41.4 Å². The lowest BCUT2D eigenvalue weighted by molar-refractivity contribution is -0.138. The van der Waals surface area contributed by atoms with Crippen LogP contribution in [0, 0.1) is 11.8 Å². The molecule has 23 heavy (non-hydrogen) atoms. The summed E-state index contributed by atoms with van der Waals surface area (Å²) in [5.41, 5.74) is 0. The minimum atomic E-state index is 0.233. The van der Waals surface area contributed by atoms with E-state index in [0.717, 1.165) is 58.4 Å². The van der Waals surface area contributed by atoms with E-state index in [1.807, 2.05) is 23.1 Å². The second-order valence-corrected chi connectivity index (χ2v) is 7.52. The molecule has 0 radical (unpaired) electrons. The van der Waals surface area contributed by atoms with Gasteiger partial charge in [0, 0.05) is 31.4 Å². The van der Waals surface area contributed by atoms with Crippen molar-refractivity contribution in [1.29, 1.82) is 0 Å². The number of carbonyl (C=O) groups is 1. The molecule has 1 atom stereocenters. The number of aromatic nitrogens is 2. The highest BCUT2D eigenvalue weighted by molar-refractivity contribution is 5.79. The molecular formula is C18H30N4O. The summed E-state index contributed by atoms with van der Waals surface area (Å²) in [5, 5.41) is 4.30. The van der Waals surface area contributed by atoms with Gasteiger partial charge in [0.2, 0.25) is 5.91 Å². The molecule has 0 unspecified atom stereocenters. The minimum absolute atomic E-state index is 0.233. The minimum Gasteiger partial charge on any atom is -0.338 e. The summed E-state index contributed by atoms with van der Waals surface area (Å²) in [6.45, 7) is 9.61. The first-order chi connectivity index (χ1) is 11.1. The van der Waals surface area contributed by atoms with Gasteiger partial charge in [-0.25, -0.2) is 0 Å². The molecule has 3 heterocycles. The van der Waals surface area contributed by atoms with Crippen LogP contribution < -0.4 is 0 Å². The highest BCUT2D eigenvalue weighted by Gasteiger charge is 2.34. The number of hydrogen-bond donors (Lipinski definition) is 0. The molecular weight excluding hydrogens is 288 g/mol. The first kappa shape index (κ1) is 16.5. The summed E-state index contributed by atoms with van der Waals surface area (Å²) in [4.78, 5) is 17.6. The summed E-state index contributed by atoms with van der Waals surface area (Å²) < 4.78 is 1.96. The van der Waals surface area contributed by atoms with Crippen LogP contribution in [0.4, 0.5) is 0 Å². The summed E-state index contributed by atoms with van der Waals surface area (Å²) >= 11 is 0. The maximum atomic E-state index is 12.9. The highest BCUT2D eigenvalue weighted by Crippen LogP contribution is 2.26. The monoisotopic (exact) mass is 318 g/mol. The van der Waals surface area contributed by atoms with Gasteiger partial charge in [0.15, 0.2) is 0 Å². The van der Waals surface area contributed by atoms with E-state index in [4.69, 9.17) is 0 Å². The quantitative estimate of drug-likeness (QED) is 0.836. The predicted molar refractivity (Wildman–Crippen MR) is 91.0 cm³/mol. The Labute approximate surface area is 139 Å². The van der Waals surface area contributed by atoms with Crippen LogP contribution in [0.2, 0.25) is 0 Å². The van der Waals surface area contributed by atoms with Crippen LogP contribution in [0.15, 0.2) is 18.5 Å². The van der Waals surface area contributed by atoms with Crippen LogP contribution in [0.25, 0.3) is 0 Å². The fraction of sp³-hybridized carbons (Fsp3) is 0.778. The zero-order valence-electron chi connectivity index (χ0n) is 14.5. The van der Waals surface area contributed by atoms with Crippen molar-refractivity contribution < 1.29 is 4.79 Å². The van der Waals surface area contributed by atoms with E-state index >= 15 is 0 Å². The molecule has 3 rings (SSSR count). The molecule has 128 valence electrons. The molecule has 5 heteroatoms. The molecule has 1 aromatic heterocycles. The van der Waals surface area contributed by atoms with Gasteiger partial charge in [-0.05, 0) is 50.8 Å². The average Bonchev–Trinajstić information content (AvgIpc) is 3.19. The normalized spacial score (nSPS) is 23.8. The SMILES string of the molecule is CC(C)CN1CCC(C(=O)N2CCC[C@@H]2Cn2cccn2)CC1. The second-order valence-electron chi connectivity index (χ2n) is 7.52. The molecule has 0 spiro atoms. The summed E-state index contributed by atoms with van der Waals surface area (Å²) in [6.07, 6.45) is 8.09. The van der Waals surface area contributed by atoms with Crippen LogP contribution in [0.1, 0.15) is 39.5 Å². The first-order valence-corrected chi connectivity index (χ1v) is 9.13. The summed E-state index contributed by atoms with van der Waals surface area (Å²) in [7, 11) is 0. The number of amides is 1. The molecule has 2 aliphatic rings. The second kappa shape index (κ2) is 7.47. The number of piperidine rings is 1. The largest absolute Gasteiger partial charge is 0.338 e. The average molecular weight is 318 g/mol. The lowest BCUT2D eigenvalue weighted by Gasteiger charge is -2.35. The molecule has 0 aliphatic carbocycles. The van der Waals surface area contributed by atoms with E-state index in [-0.39, 0.29) is 5.92 Å². The Hall–Kier alpha value is -1.36. The Morgan fingerprint density at radius 3 is 2.65 bits per heavy atom. The standard InChI is InChI=1S/C18H30N4O/c1-15(2)13-20-11-6-16(7-12-20)18(23)22-10-3-5-17(22)14-21-9-4-8-19-21/h4,8-9,15-17H,3,5-7,10-14H2,1-2H3/t17-/m1/s1. The molecule has 5 nitrogen and oxygen atoms in total. The third-order valence-electron chi connectivity index (χ3n) is 5.18. The molecule has 2 aliphatic heterocycles. The lowest BCUT2D eigenvalue weighted by atomic mass is 9.94. The summed E-state index contributed by atoms with van der Waals surface area (Å²) in [5.74, 6) is 1.33. The first-order valence-electron chi connectivity index (χ1n) is 9.13. The van der Waals surface area contributed by atoms with Crippen molar-refractivity contribution in [2.45, 2.75) is 52.1 Å². The van der Waals surface area contributed by atoms with E-state index in [0.29, 0.717) is 17.9 Å². The Morgan fingerprint density at radius 1 is 1.22 bits per heavy atom. The lowest BCUT2D eigenvalue weighted by Crippen LogP contribution is -2.45. The van der Waals surface area contributed by atoms with Gasteiger partial charge < -0.3 is 9.80 Å². The van der Waals surface area contributed by atoms with E-state index in [1.165, 1.54) is 0 Å². The maximum Gasteiger partial charge on any atom is 0.226 e. The van der Waals surface area contributed by atoms with Crippen molar-refractivity contribution in [3.05, 3.63) is 18.5 Å². The van der Waals surface area contributed by atoms with Gasteiger partial charge >= 0.3 is 0 Å². The summed E-state index contributed by atoms with van der Waals surface area (Å²) in [6, 6.07) is 2.28. The Balaban J connectivity index is 1.53. The fourth-order valence-electron chi connectivity index (χ4n) is 4.05. The van der Waals surface area contributed by atoms with E-state index in [1.54, 1.807) is 0 Å². The third kappa shape index (κ3) is 4.14. The number of rotatable bonds is 5. The van der Waals surface area contributed by atoms with Crippen molar-refractivity contribution in [2.24, 2.45) is 11.8 Å². The molecule has 0 bridgehead atoms.